The standard InChI is InChI=1S/C15H25FN2O/c1-6-15(7-2,18(3)4)14(17)11-9-8-10-12(19-5)13(11)16/h8-10,14H,6-7,17H2,1-5H3. The van der Waals surface area contributed by atoms with Crippen LogP contribution >= 0.6 is 0 Å². The second-order valence-corrected chi connectivity index (χ2v) is 5.05. The first-order valence-corrected chi connectivity index (χ1v) is 6.70. The van der Waals surface area contributed by atoms with Crippen LogP contribution < -0.4 is 10.5 Å². The van der Waals surface area contributed by atoms with Crippen LogP contribution in [0.2, 0.25) is 0 Å². The van der Waals surface area contributed by atoms with E-state index < -0.39 is 6.04 Å². The molecule has 1 aromatic carbocycles. The second kappa shape index (κ2) is 6.35. The van der Waals surface area contributed by atoms with Crippen LogP contribution in [0.25, 0.3) is 0 Å². The van der Waals surface area contributed by atoms with Crippen molar-refractivity contribution in [2.45, 2.75) is 38.3 Å². The van der Waals surface area contributed by atoms with Gasteiger partial charge in [-0.3, -0.25) is 0 Å². The maximum atomic E-state index is 14.4. The number of methoxy groups -OCH3 is 1. The molecule has 108 valence electrons. The van der Waals surface area contributed by atoms with Gasteiger partial charge in [-0.2, -0.15) is 0 Å². The Labute approximate surface area is 115 Å². The molecule has 0 aliphatic carbocycles. The largest absolute Gasteiger partial charge is 0.494 e. The molecule has 1 unspecified atom stereocenters. The highest BCUT2D eigenvalue weighted by molar-refractivity contribution is 5.34. The van der Waals surface area contributed by atoms with E-state index in [1.165, 1.54) is 7.11 Å². The maximum Gasteiger partial charge on any atom is 0.169 e. The van der Waals surface area contributed by atoms with Gasteiger partial charge in [-0.25, -0.2) is 4.39 Å². The number of hydrogen-bond donors (Lipinski definition) is 1. The van der Waals surface area contributed by atoms with E-state index in [-0.39, 0.29) is 17.1 Å². The van der Waals surface area contributed by atoms with Crippen molar-refractivity contribution in [2.75, 3.05) is 21.2 Å². The zero-order valence-electron chi connectivity index (χ0n) is 12.5. The summed E-state index contributed by atoms with van der Waals surface area (Å²) in [5.74, 6) is -0.113. The summed E-state index contributed by atoms with van der Waals surface area (Å²) in [4.78, 5) is 2.09. The highest BCUT2D eigenvalue weighted by Crippen LogP contribution is 2.36. The van der Waals surface area contributed by atoms with Crippen LogP contribution in [0, 0.1) is 5.82 Å². The smallest absolute Gasteiger partial charge is 0.169 e. The van der Waals surface area contributed by atoms with E-state index in [1.807, 2.05) is 14.1 Å². The summed E-state index contributed by atoms with van der Waals surface area (Å²) in [5.41, 5.74) is 6.64. The van der Waals surface area contributed by atoms with Gasteiger partial charge in [0, 0.05) is 11.1 Å². The number of rotatable bonds is 6. The molecular formula is C15H25FN2O. The number of halogens is 1. The van der Waals surface area contributed by atoms with E-state index in [2.05, 4.69) is 18.7 Å². The highest BCUT2D eigenvalue weighted by Gasteiger charge is 2.38. The van der Waals surface area contributed by atoms with Crippen molar-refractivity contribution >= 4 is 0 Å². The molecule has 1 aromatic rings. The number of hydrogen-bond acceptors (Lipinski definition) is 3. The molecule has 0 amide bonds. The van der Waals surface area contributed by atoms with Gasteiger partial charge < -0.3 is 15.4 Å². The van der Waals surface area contributed by atoms with Gasteiger partial charge in [-0.05, 0) is 33.0 Å². The van der Waals surface area contributed by atoms with Crippen molar-refractivity contribution in [3.8, 4) is 5.75 Å². The molecule has 2 N–H and O–H groups in total. The lowest BCUT2D eigenvalue weighted by Gasteiger charge is -2.43. The molecule has 0 heterocycles. The van der Waals surface area contributed by atoms with Crippen LogP contribution in [0.5, 0.6) is 5.75 Å². The first-order valence-electron chi connectivity index (χ1n) is 6.70. The zero-order valence-corrected chi connectivity index (χ0v) is 12.5. The van der Waals surface area contributed by atoms with Crippen LogP contribution in [0.4, 0.5) is 4.39 Å². The third-order valence-corrected chi connectivity index (χ3v) is 4.24. The molecule has 1 rings (SSSR count). The van der Waals surface area contributed by atoms with Crippen molar-refractivity contribution in [1.82, 2.24) is 4.90 Å². The van der Waals surface area contributed by atoms with Crippen LogP contribution in [0.3, 0.4) is 0 Å². The van der Waals surface area contributed by atoms with Gasteiger partial charge in [0.25, 0.3) is 0 Å². The molecule has 0 aliphatic heterocycles. The Morgan fingerprint density at radius 3 is 2.32 bits per heavy atom. The van der Waals surface area contributed by atoms with E-state index in [0.717, 1.165) is 12.8 Å². The molecule has 3 nitrogen and oxygen atoms in total. The fourth-order valence-corrected chi connectivity index (χ4v) is 2.82. The Balaban J connectivity index is 3.28. The highest BCUT2D eigenvalue weighted by atomic mass is 19.1. The van der Waals surface area contributed by atoms with Gasteiger partial charge >= 0.3 is 0 Å². The molecule has 0 radical (unpaired) electrons. The fraction of sp³-hybridized carbons (Fsp3) is 0.600. The molecular weight excluding hydrogens is 243 g/mol. The van der Waals surface area contributed by atoms with Crippen LogP contribution in [0.1, 0.15) is 38.3 Å². The summed E-state index contributed by atoms with van der Waals surface area (Å²) < 4.78 is 19.4. The number of likely N-dealkylation sites (N-methyl/N-ethyl adjacent to an activating group) is 1. The Kier molecular flexibility index (Phi) is 5.32. The predicted molar refractivity (Wildman–Crippen MR) is 76.9 cm³/mol. The Bertz CT molecular complexity index is 417. The molecule has 0 aliphatic rings. The van der Waals surface area contributed by atoms with Crippen molar-refractivity contribution in [3.63, 3.8) is 0 Å². The topological polar surface area (TPSA) is 38.5 Å². The van der Waals surface area contributed by atoms with Gasteiger partial charge in [0.2, 0.25) is 0 Å². The molecule has 4 heteroatoms. The third-order valence-electron chi connectivity index (χ3n) is 4.24. The number of benzene rings is 1. The lowest BCUT2D eigenvalue weighted by atomic mass is 9.80. The van der Waals surface area contributed by atoms with E-state index >= 15 is 0 Å². The minimum atomic E-state index is -0.396. The molecule has 0 bridgehead atoms. The lowest BCUT2D eigenvalue weighted by molar-refractivity contribution is 0.104. The van der Waals surface area contributed by atoms with E-state index in [1.54, 1.807) is 18.2 Å². The zero-order chi connectivity index (χ0) is 14.6. The Morgan fingerprint density at radius 1 is 1.32 bits per heavy atom. The van der Waals surface area contributed by atoms with Gasteiger partial charge in [0.15, 0.2) is 11.6 Å². The summed E-state index contributed by atoms with van der Waals surface area (Å²) in [5, 5.41) is 0. The molecule has 0 saturated heterocycles. The Hall–Kier alpha value is -1.13. The quantitative estimate of drug-likeness (QED) is 0.862. The summed E-state index contributed by atoms with van der Waals surface area (Å²) in [6, 6.07) is 4.74. The number of nitrogens with zero attached hydrogens (tertiary/aromatic N) is 1. The minimum absolute atomic E-state index is 0.243. The maximum absolute atomic E-state index is 14.4. The van der Waals surface area contributed by atoms with Gasteiger partial charge in [0.05, 0.1) is 13.2 Å². The summed E-state index contributed by atoms with van der Waals surface area (Å²) in [6.45, 7) is 4.17. The second-order valence-electron chi connectivity index (χ2n) is 5.05. The molecule has 0 fully saturated rings. The van der Waals surface area contributed by atoms with Crippen molar-refractivity contribution in [1.29, 1.82) is 0 Å². The van der Waals surface area contributed by atoms with Gasteiger partial charge in [-0.1, -0.05) is 26.0 Å². The van der Waals surface area contributed by atoms with Crippen molar-refractivity contribution in [3.05, 3.63) is 29.6 Å². The summed E-state index contributed by atoms with van der Waals surface area (Å²) in [6.07, 6.45) is 1.71. The molecule has 0 spiro atoms. The van der Waals surface area contributed by atoms with E-state index in [9.17, 15) is 4.39 Å². The molecule has 19 heavy (non-hydrogen) atoms. The van der Waals surface area contributed by atoms with Gasteiger partial charge in [0.1, 0.15) is 0 Å². The lowest BCUT2D eigenvalue weighted by Crippen LogP contribution is -2.51. The van der Waals surface area contributed by atoms with Crippen LogP contribution in [0.15, 0.2) is 18.2 Å². The SMILES string of the molecule is CCC(CC)(C(N)c1cccc(OC)c1F)N(C)C. The van der Waals surface area contributed by atoms with Crippen LogP contribution in [-0.4, -0.2) is 31.6 Å². The van der Waals surface area contributed by atoms with Crippen molar-refractivity contribution in [2.24, 2.45) is 5.73 Å². The molecule has 0 aromatic heterocycles. The number of ether oxygens (including phenoxy) is 1. The van der Waals surface area contributed by atoms with Crippen LogP contribution in [-0.2, 0) is 0 Å². The Morgan fingerprint density at radius 2 is 1.89 bits per heavy atom. The van der Waals surface area contributed by atoms with E-state index in [4.69, 9.17) is 10.5 Å². The predicted octanol–water partition coefficient (Wildman–Crippen LogP) is 2.95. The summed E-state index contributed by atoms with van der Waals surface area (Å²) >= 11 is 0. The molecule has 1 atom stereocenters. The first kappa shape index (κ1) is 15.9. The van der Waals surface area contributed by atoms with E-state index in [0.29, 0.717) is 5.56 Å². The average molecular weight is 268 g/mol. The van der Waals surface area contributed by atoms with Gasteiger partial charge in [-0.15, -0.1) is 0 Å². The number of nitrogens with two attached hydrogens (primary N) is 1. The first-order chi connectivity index (χ1) is 8.94. The normalized spacial score (nSPS) is 13.7. The minimum Gasteiger partial charge on any atom is -0.494 e. The van der Waals surface area contributed by atoms with Crippen molar-refractivity contribution < 1.29 is 9.13 Å². The fourth-order valence-electron chi connectivity index (χ4n) is 2.82. The molecule has 0 saturated carbocycles. The third kappa shape index (κ3) is 2.74. The monoisotopic (exact) mass is 268 g/mol. The average Bonchev–Trinajstić information content (AvgIpc) is 2.40. The summed E-state index contributed by atoms with van der Waals surface area (Å²) in [7, 11) is 5.45.